The zero-order valence-electron chi connectivity index (χ0n) is 13.7. The number of anilines is 1. The predicted molar refractivity (Wildman–Crippen MR) is 102 cm³/mol. The maximum Gasteiger partial charge on any atom is 0.234 e. The van der Waals surface area contributed by atoms with Gasteiger partial charge in [-0.2, -0.15) is 4.68 Å². The van der Waals surface area contributed by atoms with Crippen LogP contribution in [0.3, 0.4) is 0 Å². The molecule has 25 heavy (non-hydrogen) atoms. The lowest BCUT2D eigenvalue weighted by Gasteiger charge is -2.08. The van der Waals surface area contributed by atoms with Crippen molar-refractivity contribution >= 4 is 39.3 Å². The molecule has 0 atom stereocenters. The van der Waals surface area contributed by atoms with Crippen LogP contribution in [0.1, 0.15) is 11.1 Å². The molecule has 1 heterocycles. The first-order valence-electron chi connectivity index (χ1n) is 7.57. The second-order valence-corrected chi connectivity index (χ2v) is 7.37. The van der Waals surface area contributed by atoms with E-state index in [9.17, 15) is 4.79 Å². The number of rotatable bonds is 5. The molecule has 1 amide bonds. The fourth-order valence-electron chi connectivity index (χ4n) is 2.36. The van der Waals surface area contributed by atoms with Crippen molar-refractivity contribution in [2.24, 2.45) is 0 Å². The number of thioether (sulfide) groups is 1. The molecule has 6 nitrogen and oxygen atoms in total. The number of hydrogen-bond donors (Lipinski definition) is 1. The first kappa shape index (κ1) is 17.6. The van der Waals surface area contributed by atoms with Crippen LogP contribution in [-0.4, -0.2) is 31.9 Å². The molecule has 3 rings (SSSR count). The molecule has 0 aliphatic rings. The minimum atomic E-state index is -0.113. The maximum atomic E-state index is 12.2. The SMILES string of the molecule is Cc1ccc(-n2nnnc2SCC(=O)Nc2cccc(Br)c2)c(C)c1. The normalized spacial score (nSPS) is 10.7. The zero-order chi connectivity index (χ0) is 17.8. The highest BCUT2D eigenvalue weighted by molar-refractivity contribution is 9.10. The van der Waals surface area contributed by atoms with Crippen molar-refractivity contribution in [2.75, 3.05) is 11.1 Å². The predicted octanol–water partition coefficient (Wildman–Crippen LogP) is 3.77. The Balaban J connectivity index is 1.68. The summed E-state index contributed by atoms with van der Waals surface area (Å²) in [7, 11) is 0. The number of hydrogen-bond acceptors (Lipinski definition) is 5. The Morgan fingerprint density at radius 1 is 1.24 bits per heavy atom. The fraction of sp³-hybridized carbons (Fsp3) is 0.176. The quantitative estimate of drug-likeness (QED) is 0.639. The molecular weight excluding hydrogens is 402 g/mol. The van der Waals surface area contributed by atoms with Crippen molar-refractivity contribution in [1.29, 1.82) is 0 Å². The molecule has 8 heteroatoms. The summed E-state index contributed by atoms with van der Waals surface area (Å²) in [5.41, 5.74) is 3.91. The van der Waals surface area contributed by atoms with Gasteiger partial charge < -0.3 is 5.32 Å². The smallest absolute Gasteiger partial charge is 0.234 e. The summed E-state index contributed by atoms with van der Waals surface area (Å²) < 4.78 is 2.57. The van der Waals surface area contributed by atoms with E-state index >= 15 is 0 Å². The molecule has 0 saturated heterocycles. The van der Waals surface area contributed by atoms with Crippen molar-refractivity contribution < 1.29 is 4.79 Å². The number of amides is 1. The van der Waals surface area contributed by atoms with Gasteiger partial charge in [0.05, 0.1) is 11.4 Å². The van der Waals surface area contributed by atoms with Gasteiger partial charge in [0.15, 0.2) is 0 Å². The van der Waals surface area contributed by atoms with Crippen molar-refractivity contribution in [3.8, 4) is 5.69 Å². The van der Waals surface area contributed by atoms with Gasteiger partial charge in [0.25, 0.3) is 0 Å². The number of nitrogens with zero attached hydrogens (tertiary/aromatic N) is 4. The zero-order valence-corrected chi connectivity index (χ0v) is 16.1. The maximum absolute atomic E-state index is 12.2. The van der Waals surface area contributed by atoms with E-state index in [0.29, 0.717) is 5.16 Å². The van der Waals surface area contributed by atoms with Crippen molar-refractivity contribution in [3.05, 3.63) is 58.1 Å². The number of tetrazole rings is 1. The molecule has 128 valence electrons. The molecule has 0 aliphatic carbocycles. The summed E-state index contributed by atoms with van der Waals surface area (Å²) in [6, 6.07) is 13.5. The average molecular weight is 418 g/mol. The topological polar surface area (TPSA) is 72.7 Å². The Hall–Kier alpha value is -2.19. The third-order valence-corrected chi connectivity index (χ3v) is 4.87. The summed E-state index contributed by atoms with van der Waals surface area (Å²) in [5.74, 6) is 0.107. The molecular formula is C17H16BrN5OS. The largest absolute Gasteiger partial charge is 0.325 e. The average Bonchev–Trinajstić information content (AvgIpc) is 3.01. The van der Waals surface area contributed by atoms with Crippen LogP contribution in [0.15, 0.2) is 52.1 Å². The van der Waals surface area contributed by atoms with Gasteiger partial charge in [-0.15, -0.1) is 5.10 Å². The minimum Gasteiger partial charge on any atom is -0.325 e. The third-order valence-electron chi connectivity index (χ3n) is 3.46. The molecule has 0 bridgehead atoms. The van der Waals surface area contributed by atoms with Crippen LogP contribution in [0.25, 0.3) is 5.69 Å². The summed E-state index contributed by atoms with van der Waals surface area (Å²) in [6.45, 7) is 4.05. The van der Waals surface area contributed by atoms with Crippen LogP contribution in [-0.2, 0) is 4.79 Å². The Morgan fingerprint density at radius 3 is 2.84 bits per heavy atom. The van der Waals surface area contributed by atoms with E-state index in [1.807, 2.05) is 50.2 Å². The number of halogens is 1. The first-order valence-corrected chi connectivity index (χ1v) is 9.35. The van der Waals surface area contributed by atoms with Crippen LogP contribution in [0.5, 0.6) is 0 Å². The van der Waals surface area contributed by atoms with Crippen molar-refractivity contribution in [2.45, 2.75) is 19.0 Å². The highest BCUT2D eigenvalue weighted by atomic mass is 79.9. The van der Waals surface area contributed by atoms with Gasteiger partial charge in [-0.1, -0.05) is 51.5 Å². The molecule has 0 aliphatic heterocycles. The van der Waals surface area contributed by atoms with E-state index in [2.05, 4.69) is 42.8 Å². The van der Waals surface area contributed by atoms with E-state index in [1.165, 1.54) is 17.3 Å². The molecule has 0 fully saturated rings. The van der Waals surface area contributed by atoms with Crippen molar-refractivity contribution in [3.63, 3.8) is 0 Å². The van der Waals surface area contributed by atoms with E-state index in [-0.39, 0.29) is 11.7 Å². The van der Waals surface area contributed by atoms with Gasteiger partial charge in [-0.3, -0.25) is 4.79 Å². The van der Waals surface area contributed by atoms with E-state index in [4.69, 9.17) is 0 Å². The molecule has 0 saturated carbocycles. The van der Waals surface area contributed by atoms with Crippen LogP contribution < -0.4 is 5.32 Å². The Morgan fingerprint density at radius 2 is 2.08 bits per heavy atom. The highest BCUT2D eigenvalue weighted by Crippen LogP contribution is 2.22. The van der Waals surface area contributed by atoms with Crippen LogP contribution in [0.2, 0.25) is 0 Å². The van der Waals surface area contributed by atoms with Gasteiger partial charge in [0.2, 0.25) is 11.1 Å². The fourth-order valence-corrected chi connectivity index (χ4v) is 3.44. The van der Waals surface area contributed by atoms with Crippen LogP contribution in [0.4, 0.5) is 5.69 Å². The number of nitrogens with one attached hydrogen (secondary N) is 1. The van der Waals surface area contributed by atoms with Gasteiger partial charge in [0, 0.05) is 10.2 Å². The Labute approximate surface area is 158 Å². The number of carbonyl (C=O) groups is 1. The van der Waals surface area contributed by atoms with Gasteiger partial charge in [-0.25, -0.2) is 0 Å². The Kier molecular flexibility index (Phi) is 5.50. The summed E-state index contributed by atoms with van der Waals surface area (Å²) in [5, 5.41) is 15.2. The second-order valence-electron chi connectivity index (χ2n) is 5.51. The summed E-state index contributed by atoms with van der Waals surface area (Å²) in [4.78, 5) is 12.2. The lowest BCUT2D eigenvalue weighted by Crippen LogP contribution is -2.14. The Bertz CT molecular complexity index is 912. The summed E-state index contributed by atoms with van der Waals surface area (Å²) in [6.07, 6.45) is 0. The molecule has 0 spiro atoms. The standard InChI is InChI=1S/C17H16BrN5OS/c1-11-6-7-15(12(2)8-11)23-17(20-21-22-23)25-10-16(24)19-14-5-3-4-13(18)9-14/h3-9H,10H2,1-2H3,(H,19,24). The number of benzene rings is 2. The number of aromatic nitrogens is 4. The number of carbonyl (C=O) groups excluding carboxylic acids is 1. The van der Waals surface area contributed by atoms with Gasteiger partial charge in [-0.05, 0) is 54.1 Å². The lowest BCUT2D eigenvalue weighted by atomic mass is 10.1. The molecule has 1 aromatic heterocycles. The molecule has 3 aromatic rings. The van der Waals surface area contributed by atoms with Crippen LogP contribution in [0, 0.1) is 13.8 Å². The van der Waals surface area contributed by atoms with E-state index in [1.54, 1.807) is 4.68 Å². The lowest BCUT2D eigenvalue weighted by molar-refractivity contribution is -0.113. The number of aryl methyl sites for hydroxylation is 2. The van der Waals surface area contributed by atoms with E-state index < -0.39 is 0 Å². The minimum absolute atomic E-state index is 0.113. The molecule has 0 radical (unpaired) electrons. The first-order chi connectivity index (χ1) is 12.0. The van der Waals surface area contributed by atoms with Gasteiger partial charge >= 0.3 is 0 Å². The molecule has 2 aromatic carbocycles. The van der Waals surface area contributed by atoms with Crippen molar-refractivity contribution in [1.82, 2.24) is 20.2 Å². The molecule has 1 N–H and O–H groups in total. The monoisotopic (exact) mass is 417 g/mol. The second kappa shape index (κ2) is 7.79. The third kappa shape index (κ3) is 4.46. The highest BCUT2D eigenvalue weighted by Gasteiger charge is 2.13. The summed E-state index contributed by atoms with van der Waals surface area (Å²) >= 11 is 4.68. The molecule has 0 unspecified atom stereocenters. The van der Waals surface area contributed by atoms with Crippen LogP contribution >= 0.6 is 27.7 Å². The van der Waals surface area contributed by atoms with E-state index in [0.717, 1.165) is 21.4 Å². The van der Waals surface area contributed by atoms with Gasteiger partial charge in [0.1, 0.15) is 0 Å².